The van der Waals surface area contributed by atoms with E-state index in [1.165, 1.54) is 9.47 Å². The quantitative estimate of drug-likeness (QED) is 0.670. The maximum Gasteiger partial charge on any atom is 0.274 e. The number of fused-ring (bicyclic) bond motifs is 2. The van der Waals surface area contributed by atoms with E-state index in [9.17, 15) is 14.1 Å². The molecule has 0 bridgehead atoms. The van der Waals surface area contributed by atoms with E-state index >= 15 is 0 Å². The van der Waals surface area contributed by atoms with E-state index in [0.717, 1.165) is 10.9 Å². The van der Waals surface area contributed by atoms with Gasteiger partial charge in [0.1, 0.15) is 11.8 Å². The van der Waals surface area contributed by atoms with E-state index in [1.54, 1.807) is 58.7 Å². The first-order valence-electron chi connectivity index (χ1n) is 8.77. The highest BCUT2D eigenvalue weighted by Gasteiger charge is 2.41. The number of hydrogen-bond donors (Lipinski definition) is 1. The van der Waals surface area contributed by atoms with Crippen LogP contribution in [0.5, 0.6) is 5.75 Å². The number of benzene rings is 1. The van der Waals surface area contributed by atoms with E-state index in [2.05, 4.69) is 4.98 Å². The number of aromatic nitrogens is 2. The van der Waals surface area contributed by atoms with Gasteiger partial charge in [0, 0.05) is 55.1 Å². The molecule has 1 aliphatic rings. The van der Waals surface area contributed by atoms with Gasteiger partial charge in [0.15, 0.2) is 16.2 Å². The van der Waals surface area contributed by atoms with Crippen molar-refractivity contribution in [1.82, 2.24) is 9.55 Å². The molecule has 1 amide bonds. The number of nitrogens with one attached hydrogen (secondary N) is 1. The van der Waals surface area contributed by atoms with Crippen LogP contribution in [0.1, 0.15) is 13.8 Å². The minimum atomic E-state index is -1.26. The van der Waals surface area contributed by atoms with E-state index < -0.39 is 16.8 Å². The number of ether oxygens (including phenoxy) is 1. The van der Waals surface area contributed by atoms with Gasteiger partial charge < -0.3 is 23.7 Å². The van der Waals surface area contributed by atoms with Crippen LogP contribution in [0.25, 0.3) is 22.0 Å². The lowest BCUT2D eigenvalue weighted by atomic mass is 9.98. The molecule has 7 nitrogen and oxygen atoms in total. The Morgan fingerprint density at radius 2 is 1.89 bits per heavy atom. The number of rotatable bonds is 2. The fourth-order valence-electron chi connectivity index (χ4n) is 3.61. The minimum absolute atomic E-state index is 0.138. The number of carbonyl (C=O) groups is 1. The number of aromatic amines is 1. The number of likely N-dealkylation sites (N-methyl/N-ethyl adjacent to an activating group) is 1. The molecule has 0 saturated carbocycles. The summed E-state index contributed by atoms with van der Waals surface area (Å²) in [5, 5.41) is 0.741. The number of H-pyrrole nitrogens is 1. The van der Waals surface area contributed by atoms with E-state index in [-0.39, 0.29) is 11.5 Å². The molecule has 0 fully saturated rings. The molecule has 3 aromatic rings. The zero-order chi connectivity index (χ0) is 20.4. The van der Waals surface area contributed by atoms with Gasteiger partial charge in [-0.1, -0.05) is 0 Å². The molecule has 0 spiro atoms. The topological polar surface area (TPSA) is 90.4 Å². The lowest BCUT2D eigenvalue weighted by Crippen LogP contribution is -2.51. The second kappa shape index (κ2) is 6.15. The number of nitrogens with zero attached hydrogens (tertiary/aromatic N) is 2. The largest absolute Gasteiger partial charge is 0.612 e. The Bertz CT molecular complexity index is 1180. The van der Waals surface area contributed by atoms with Crippen LogP contribution >= 0.6 is 0 Å². The maximum atomic E-state index is 12.7. The van der Waals surface area contributed by atoms with Gasteiger partial charge in [0.2, 0.25) is 0 Å². The summed E-state index contributed by atoms with van der Waals surface area (Å²) in [7, 11) is 3.37. The highest BCUT2D eigenvalue weighted by molar-refractivity contribution is 7.90. The van der Waals surface area contributed by atoms with Gasteiger partial charge in [0.05, 0.1) is 5.69 Å². The second-order valence-electron chi connectivity index (χ2n) is 7.47. The molecule has 1 N–H and O–H groups in total. The first-order chi connectivity index (χ1) is 13.1. The Kier molecular flexibility index (Phi) is 4.09. The van der Waals surface area contributed by atoms with Crippen molar-refractivity contribution < 1.29 is 14.1 Å². The van der Waals surface area contributed by atoms with Crippen molar-refractivity contribution >= 4 is 33.7 Å². The molecule has 0 saturated heterocycles. The van der Waals surface area contributed by atoms with Crippen molar-refractivity contribution in [2.24, 2.45) is 7.05 Å². The number of pyridine rings is 1. The van der Waals surface area contributed by atoms with Crippen LogP contribution < -0.4 is 15.2 Å². The molecule has 1 aliphatic heterocycles. The van der Waals surface area contributed by atoms with Crippen LogP contribution in [0.15, 0.2) is 40.3 Å². The Balaban J connectivity index is 2.10. The first-order valence-corrected chi connectivity index (χ1v) is 10.3. The normalized spacial score (nSPS) is 16.8. The molecule has 4 rings (SSSR count). The van der Waals surface area contributed by atoms with Gasteiger partial charge in [-0.2, -0.15) is 0 Å². The lowest BCUT2D eigenvalue weighted by Gasteiger charge is -2.38. The third-order valence-corrected chi connectivity index (χ3v) is 6.00. The molecule has 3 heterocycles. The first kappa shape index (κ1) is 18.6. The number of carbonyl (C=O) groups excluding carboxylic acids is 1. The highest BCUT2D eigenvalue weighted by Crippen LogP contribution is 2.46. The molecule has 0 radical (unpaired) electrons. The summed E-state index contributed by atoms with van der Waals surface area (Å²) < 4.78 is 19.9. The van der Waals surface area contributed by atoms with Crippen molar-refractivity contribution in [2.75, 3.05) is 18.2 Å². The van der Waals surface area contributed by atoms with Crippen molar-refractivity contribution in [3.63, 3.8) is 0 Å². The van der Waals surface area contributed by atoms with Crippen LogP contribution in [-0.2, 0) is 23.0 Å². The molecule has 1 unspecified atom stereocenters. The second-order valence-corrected chi connectivity index (χ2v) is 8.85. The zero-order valence-electron chi connectivity index (χ0n) is 16.3. The van der Waals surface area contributed by atoms with Crippen LogP contribution in [0.3, 0.4) is 0 Å². The summed E-state index contributed by atoms with van der Waals surface area (Å²) in [6.45, 7) is 3.44. The highest BCUT2D eigenvalue weighted by atomic mass is 32.2. The third-order valence-electron chi connectivity index (χ3n) is 5.10. The molecule has 8 heteroatoms. The molecular formula is C20H21N3O4S. The zero-order valence-corrected chi connectivity index (χ0v) is 17.1. The number of amides is 1. The van der Waals surface area contributed by atoms with Crippen LogP contribution in [0.2, 0.25) is 0 Å². The van der Waals surface area contributed by atoms with E-state index in [0.29, 0.717) is 27.4 Å². The number of anilines is 1. The van der Waals surface area contributed by atoms with Crippen LogP contribution in [0, 0.1) is 0 Å². The molecular weight excluding hydrogens is 378 g/mol. The molecule has 0 aliphatic carbocycles. The molecule has 28 heavy (non-hydrogen) atoms. The van der Waals surface area contributed by atoms with Gasteiger partial charge in [-0.3, -0.25) is 9.59 Å². The third kappa shape index (κ3) is 2.63. The maximum absolute atomic E-state index is 12.7. The number of hydrogen-bond acceptors (Lipinski definition) is 4. The van der Waals surface area contributed by atoms with Gasteiger partial charge in [-0.15, -0.1) is 0 Å². The summed E-state index contributed by atoms with van der Waals surface area (Å²) in [6.07, 6.45) is 5.04. The Morgan fingerprint density at radius 3 is 2.57 bits per heavy atom. The Labute approximate surface area is 165 Å². The summed E-state index contributed by atoms with van der Waals surface area (Å²) in [5.74, 6) is 0.347. The predicted molar refractivity (Wildman–Crippen MR) is 109 cm³/mol. The minimum Gasteiger partial charge on any atom is -0.612 e. The van der Waals surface area contributed by atoms with Crippen molar-refractivity contribution in [2.45, 2.75) is 24.3 Å². The average molecular weight is 399 g/mol. The summed E-state index contributed by atoms with van der Waals surface area (Å²) in [4.78, 5) is 30.2. The van der Waals surface area contributed by atoms with Crippen LogP contribution in [0.4, 0.5) is 5.69 Å². The Hall–Kier alpha value is -2.71. The Morgan fingerprint density at radius 1 is 1.18 bits per heavy atom. The molecule has 1 atom stereocenters. The van der Waals surface area contributed by atoms with Crippen molar-refractivity contribution in [3.8, 4) is 16.9 Å². The van der Waals surface area contributed by atoms with Gasteiger partial charge >= 0.3 is 0 Å². The van der Waals surface area contributed by atoms with Gasteiger partial charge in [-0.25, -0.2) is 0 Å². The van der Waals surface area contributed by atoms with Gasteiger partial charge in [0.25, 0.3) is 11.5 Å². The molecule has 146 valence electrons. The summed E-state index contributed by atoms with van der Waals surface area (Å²) in [5.41, 5.74) is 1.32. The van der Waals surface area contributed by atoms with Gasteiger partial charge in [-0.05, 0) is 31.1 Å². The molecule has 2 aromatic heterocycles. The predicted octanol–water partition coefficient (Wildman–Crippen LogP) is 2.40. The monoisotopic (exact) mass is 399 g/mol. The molecule has 1 aromatic carbocycles. The van der Waals surface area contributed by atoms with E-state index in [1.807, 2.05) is 6.07 Å². The fourth-order valence-corrected chi connectivity index (χ4v) is 4.17. The average Bonchev–Trinajstić information content (AvgIpc) is 3.12. The summed E-state index contributed by atoms with van der Waals surface area (Å²) >= 11 is -1.26. The smallest absolute Gasteiger partial charge is 0.274 e. The van der Waals surface area contributed by atoms with Crippen molar-refractivity contribution in [3.05, 3.63) is 40.9 Å². The van der Waals surface area contributed by atoms with Crippen molar-refractivity contribution in [1.29, 1.82) is 0 Å². The van der Waals surface area contributed by atoms with E-state index in [4.69, 9.17) is 4.74 Å². The fraction of sp³-hybridized carbons (Fsp3) is 0.300. The SMILES string of the molecule is CN1C(=O)C(C)(C)Oc2c(-c3cn(C)c(=O)c4[nH]ccc34)cc([S+](C)[O-])cc21. The lowest BCUT2D eigenvalue weighted by molar-refractivity contribution is -0.132. The number of aryl methyl sites for hydroxylation is 1. The standard InChI is InChI=1S/C20H21N3O4S/c1-20(2)19(25)23(4)15-9-11(28(5)26)8-13(17(15)27-20)14-10-22(3)18(24)16-12(14)6-7-21-16/h6-10,21H,1-5H3. The summed E-state index contributed by atoms with van der Waals surface area (Å²) in [6, 6.07) is 5.36. The van der Waals surface area contributed by atoms with Crippen LogP contribution in [-0.4, -0.2) is 38.9 Å².